The predicted molar refractivity (Wildman–Crippen MR) is 124 cm³/mol. The number of nitrogens with zero attached hydrogens (tertiary/aromatic N) is 4. The highest BCUT2D eigenvalue weighted by Crippen LogP contribution is 2.39. The first-order valence-corrected chi connectivity index (χ1v) is 11.2. The summed E-state index contributed by atoms with van der Waals surface area (Å²) in [7, 11) is 1.69. The molecule has 0 fully saturated rings. The number of aryl methyl sites for hydroxylation is 2. The third-order valence-corrected chi connectivity index (χ3v) is 6.20. The molecule has 0 amide bonds. The van der Waals surface area contributed by atoms with Crippen molar-refractivity contribution in [3.8, 4) is 16.9 Å². The van der Waals surface area contributed by atoms with Crippen LogP contribution in [0.15, 0.2) is 58.3 Å². The van der Waals surface area contributed by atoms with Crippen molar-refractivity contribution in [3.05, 3.63) is 65.7 Å². The van der Waals surface area contributed by atoms with Gasteiger partial charge in [-0.05, 0) is 37.8 Å². The average molecular weight is 431 g/mol. The minimum Gasteiger partial charge on any atom is -0.496 e. The van der Waals surface area contributed by atoms with Gasteiger partial charge < -0.3 is 13.8 Å². The Hall–Kier alpha value is -3.32. The van der Waals surface area contributed by atoms with Gasteiger partial charge in [-0.25, -0.2) is 4.98 Å². The fourth-order valence-electron chi connectivity index (χ4n) is 4.12. The maximum Gasteiger partial charge on any atom is 0.169 e. The van der Waals surface area contributed by atoms with E-state index in [2.05, 4.69) is 52.4 Å². The maximum absolute atomic E-state index is 5.80. The topological polar surface area (TPSA) is 66.0 Å². The van der Waals surface area contributed by atoms with Gasteiger partial charge in [0.05, 0.1) is 42.1 Å². The molecule has 156 valence electrons. The molecule has 0 bridgehead atoms. The quantitative estimate of drug-likeness (QED) is 0.336. The number of methoxy groups -OCH3 is 1. The molecule has 3 aromatic heterocycles. The van der Waals surface area contributed by atoms with Crippen LogP contribution in [-0.2, 0) is 6.54 Å². The number of pyridine rings is 1. The Morgan fingerprint density at radius 3 is 2.58 bits per heavy atom. The third-order valence-electron chi connectivity index (χ3n) is 5.53. The lowest BCUT2D eigenvalue weighted by atomic mass is 10.0. The largest absolute Gasteiger partial charge is 0.496 e. The number of hydrogen-bond acceptors (Lipinski definition) is 6. The molecule has 0 unspecified atom stereocenters. The Kier molecular flexibility index (Phi) is 4.90. The predicted octanol–water partition coefficient (Wildman–Crippen LogP) is 5.64. The Balaban J connectivity index is 1.79. The number of aromatic nitrogens is 4. The minimum absolute atomic E-state index is 0.737. The van der Waals surface area contributed by atoms with Crippen LogP contribution in [0.3, 0.4) is 0 Å². The van der Waals surface area contributed by atoms with E-state index in [4.69, 9.17) is 19.2 Å². The SMILES string of the molecule is COc1cc2c(cc1-c1c(C)noc1C)ncc1nc(SC)n(Cc3ccccc3)c12. The summed E-state index contributed by atoms with van der Waals surface area (Å²) in [6.45, 7) is 4.58. The molecule has 7 heteroatoms. The highest BCUT2D eigenvalue weighted by atomic mass is 32.2. The van der Waals surface area contributed by atoms with Gasteiger partial charge >= 0.3 is 0 Å². The molecule has 0 N–H and O–H groups in total. The van der Waals surface area contributed by atoms with Gasteiger partial charge in [-0.3, -0.25) is 4.98 Å². The second-order valence-electron chi connectivity index (χ2n) is 7.43. The second-order valence-corrected chi connectivity index (χ2v) is 8.20. The number of imidazole rings is 1. The first-order valence-electron chi connectivity index (χ1n) is 9.99. The Bertz CT molecular complexity index is 1390. The lowest BCUT2D eigenvalue weighted by molar-refractivity contribution is 0.393. The van der Waals surface area contributed by atoms with Gasteiger partial charge in [0.1, 0.15) is 17.0 Å². The van der Waals surface area contributed by atoms with Crippen molar-refractivity contribution in [1.29, 1.82) is 0 Å². The zero-order chi connectivity index (χ0) is 21.5. The molecule has 0 aliphatic carbocycles. The lowest BCUT2D eigenvalue weighted by Gasteiger charge is -2.13. The second kappa shape index (κ2) is 7.74. The van der Waals surface area contributed by atoms with Gasteiger partial charge in [-0.2, -0.15) is 0 Å². The normalized spacial score (nSPS) is 11.5. The molecular formula is C24H22N4O2S. The van der Waals surface area contributed by atoms with E-state index in [0.717, 1.165) is 62.0 Å². The molecule has 0 spiro atoms. The molecule has 5 rings (SSSR count). The maximum atomic E-state index is 5.80. The summed E-state index contributed by atoms with van der Waals surface area (Å²) in [6, 6.07) is 14.5. The molecular weight excluding hydrogens is 408 g/mol. The number of hydrogen-bond donors (Lipinski definition) is 0. The summed E-state index contributed by atoms with van der Waals surface area (Å²) < 4.78 is 13.4. The zero-order valence-corrected chi connectivity index (χ0v) is 18.7. The molecule has 2 aromatic carbocycles. The molecule has 3 heterocycles. The fourth-order valence-corrected chi connectivity index (χ4v) is 4.69. The van der Waals surface area contributed by atoms with Crippen molar-refractivity contribution in [2.75, 3.05) is 13.4 Å². The smallest absolute Gasteiger partial charge is 0.169 e. The third kappa shape index (κ3) is 3.25. The summed E-state index contributed by atoms with van der Waals surface area (Å²) in [5, 5.41) is 6.07. The van der Waals surface area contributed by atoms with Gasteiger partial charge in [-0.1, -0.05) is 47.3 Å². The summed E-state index contributed by atoms with van der Waals surface area (Å²) in [6.07, 6.45) is 3.90. The minimum atomic E-state index is 0.737. The van der Waals surface area contributed by atoms with E-state index in [0.29, 0.717) is 0 Å². The van der Waals surface area contributed by atoms with Crippen LogP contribution < -0.4 is 4.74 Å². The molecule has 0 radical (unpaired) electrons. The van der Waals surface area contributed by atoms with Crippen molar-refractivity contribution < 1.29 is 9.26 Å². The molecule has 31 heavy (non-hydrogen) atoms. The number of ether oxygens (including phenoxy) is 1. The highest BCUT2D eigenvalue weighted by molar-refractivity contribution is 7.98. The average Bonchev–Trinajstić information content (AvgIpc) is 3.32. The first kappa shape index (κ1) is 19.6. The van der Waals surface area contributed by atoms with Crippen LogP contribution in [-0.4, -0.2) is 33.1 Å². The molecule has 0 aliphatic rings. The van der Waals surface area contributed by atoms with E-state index in [1.54, 1.807) is 18.9 Å². The summed E-state index contributed by atoms with van der Waals surface area (Å²) in [5.41, 5.74) is 6.74. The zero-order valence-electron chi connectivity index (χ0n) is 17.8. The van der Waals surface area contributed by atoms with Gasteiger partial charge in [0.25, 0.3) is 0 Å². The van der Waals surface area contributed by atoms with Crippen LogP contribution in [0.2, 0.25) is 0 Å². The summed E-state index contributed by atoms with van der Waals surface area (Å²) in [4.78, 5) is 9.55. The summed E-state index contributed by atoms with van der Waals surface area (Å²) >= 11 is 1.64. The Labute approximate surface area is 184 Å². The fraction of sp³-hybridized carbons (Fsp3) is 0.208. The van der Waals surface area contributed by atoms with Crippen molar-refractivity contribution in [2.45, 2.75) is 25.5 Å². The van der Waals surface area contributed by atoms with Gasteiger partial charge in [0, 0.05) is 10.9 Å². The van der Waals surface area contributed by atoms with E-state index < -0.39 is 0 Å². The lowest BCUT2D eigenvalue weighted by Crippen LogP contribution is -2.02. The van der Waals surface area contributed by atoms with Crippen molar-refractivity contribution >= 4 is 33.7 Å². The monoisotopic (exact) mass is 430 g/mol. The van der Waals surface area contributed by atoms with Crippen molar-refractivity contribution in [1.82, 2.24) is 19.7 Å². The van der Waals surface area contributed by atoms with Crippen molar-refractivity contribution in [3.63, 3.8) is 0 Å². The first-order chi connectivity index (χ1) is 15.1. The van der Waals surface area contributed by atoms with Gasteiger partial charge in [0.15, 0.2) is 5.16 Å². The molecule has 6 nitrogen and oxygen atoms in total. The molecule has 0 aliphatic heterocycles. The van der Waals surface area contributed by atoms with E-state index in [-0.39, 0.29) is 0 Å². The van der Waals surface area contributed by atoms with Crippen LogP contribution in [0.5, 0.6) is 5.75 Å². The number of benzene rings is 2. The molecule has 0 saturated carbocycles. The number of rotatable bonds is 5. The molecule has 5 aromatic rings. The van der Waals surface area contributed by atoms with Gasteiger partial charge in [-0.15, -0.1) is 0 Å². The number of fused-ring (bicyclic) bond motifs is 3. The van der Waals surface area contributed by atoms with Crippen LogP contribution >= 0.6 is 11.8 Å². The van der Waals surface area contributed by atoms with Crippen LogP contribution in [0.25, 0.3) is 33.1 Å². The molecule has 0 saturated heterocycles. The standard InChI is InChI=1S/C24H22N4O2S/c1-14-22(15(2)30-27-14)18-10-19-17(11-21(18)29-3)23-20(12-25-19)26-24(31-4)28(23)13-16-8-6-5-7-9-16/h5-12H,13H2,1-4H3. The van der Waals surface area contributed by atoms with Crippen LogP contribution in [0, 0.1) is 13.8 Å². The summed E-state index contributed by atoms with van der Waals surface area (Å²) in [5.74, 6) is 1.52. The van der Waals surface area contributed by atoms with E-state index in [1.165, 1.54) is 5.56 Å². The van der Waals surface area contributed by atoms with E-state index in [9.17, 15) is 0 Å². The van der Waals surface area contributed by atoms with Crippen LogP contribution in [0.1, 0.15) is 17.0 Å². The Morgan fingerprint density at radius 1 is 1.10 bits per heavy atom. The van der Waals surface area contributed by atoms with Crippen LogP contribution in [0.4, 0.5) is 0 Å². The highest BCUT2D eigenvalue weighted by Gasteiger charge is 2.20. The van der Waals surface area contributed by atoms with Crippen molar-refractivity contribution in [2.24, 2.45) is 0 Å². The van der Waals surface area contributed by atoms with E-state index >= 15 is 0 Å². The number of thioether (sulfide) groups is 1. The molecule has 0 atom stereocenters. The van der Waals surface area contributed by atoms with Gasteiger partial charge in [0.2, 0.25) is 0 Å². The Morgan fingerprint density at radius 2 is 1.90 bits per heavy atom. The van der Waals surface area contributed by atoms with E-state index in [1.807, 2.05) is 26.1 Å².